The molecule has 0 fully saturated rings. The van der Waals surface area contributed by atoms with E-state index in [1.54, 1.807) is 24.4 Å². The second kappa shape index (κ2) is 4.05. The molecule has 1 aromatic carbocycles. The van der Waals surface area contributed by atoms with E-state index in [4.69, 9.17) is 0 Å². The highest BCUT2D eigenvalue weighted by molar-refractivity contribution is 7.91. The van der Waals surface area contributed by atoms with Crippen LogP contribution in [-0.2, 0) is 15.6 Å². The summed E-state index contributed by atoms with van der Waals surface area (Å²) in [6.07, 6.45) is 6.31. The fourth-order valence-corrected chi connectivity index (χ4v) is 2.15. The highest BCUT2D eigenvalue weighted by Gasteiger charge is 2.10. The number of hydrogen-bond donors (Lipinski definition) is 0. The van der Waals surface area contributed by atoms with Crippen molar-refractivity contribution < 1.29 is 8.42 Å². The summed E-state index contributed by atoms with van der Waals surface area (Å²) in [5.41, 5.74) is 1.36. The zero-order valence-electron chi connectivity index (χ0n) is 8.44. The van der Waals surface area contributed by atoms with Gasteiger partial charge in [0.05, 0.1) is 30.1 Å². The van der Waals surface area contributed by atoms with Gasteiger partial charge >= 0.3 is 0 Å². The molecule has 83 valence electrons. The van der Waals surface area contributed by atoms with E-state index in [9.17, 15) is 8.42 Å². The average molecular weight is 236 g/mol. The summed E-state index contributed by atoms with van der Waals surface area (Å²) in [5, 5.41) is 7.51. The third-order valence-corrected chi connectivity index (χ3v) is 2.79. The largest absolute Gasteiger partial charge is 0.228 e. The molecule has 2 rings (SSSR count). The number of aromatic nitrogens is 3. The van der Waals surface area contributed by atoms with Crippen molar-refractivity contribution in [3.05, 3.63) is 48.5 Å². The van der Waals surface area contributed by atoms with Crippen LogP contribution in [0.5, 0.6) is 0 Å². The molecule has 1 radical (unpaired) electrons. The fourth-order valence-electron chi connectivity index (χ4n) is 1.43. The van der Waals surface area contributed by atoms with E-state index in [-0.39, 0.29) is 5.75 Å². The Morgan fingerprint density at radius 2 is 2.06 bits per heavy atom. The maximum Gasteiger partial charge on any atom is 0.155 e. The highest BCUT2D eigenvalue weighted by Crippen LogP contribution is 2.15. The van der Waals surface area contributed by atoms with Crippen LogP contribution in [0, 0.1) is 6.26 Å². The van der Waals surface area contributed by atoms with E-state index in [1.807, 2.05) is 6.07 Å². The molecule has 0 N–H and O–H groups in total. The monoisotopic (exact) mass is 236 g/mol. The molecule has 0 atom stereocenters. The molecule has 0 aliphatic heterocycles. The van der Waals surface area contributed by atoms with E-state index in [1.165, 1.54) is 10.9 Å². The van der Waals surface area contributed by atoms with Crippen LogP contribution < -0.4 is 0 Å². The Labute approximate surface area is 93.6 Å². The van der Waals surface area contributed by atoms with Gasteiger partial charge in [-0.15, -0.1) is 5.10 Å². The number of benzene rings is 1. The first-order valence-electron chi connectivity index (χ1n) is 4.56. The SMILES string of the molecule is [CH2]S(=O)(=O)Cc1ccccc1-n1ccnn1. The minimum Gasteiger partial charge on any atom is -0.228 e. The normalized spacial score (nSPS) is 11.6. The van der Waals surface area contributed by atoms with E-state index in [2.05, 4.69) is 16.6 Å². The third kappa shape index (κ3) is 2.46. The lowest BCUT2D eigenvalue weighted by molar-refractivity contribution is 0.603. The number of hydrogen-bond acceptors (Lipinski definition) is 4. The van der Waals surface area contributed by atoms with Gasteiger partial charge in [0.2, 0.25) is 0 Å². The summed E-state index contributed by atoms with van der Waals surface area (Å²) < 4.78 is 23.9. The predicted octanol–water partition coefficient (Wildman–Crippen LogP) is 0.974. The summed E-state index contributed by atoms with van der Waals surface area (Å²) in [6.45, 7) is 0. The molecule has 2 aromatic rings. The second-order valence-corrected chi connectivity index (χ2v) is 5.14. The minimum absolute atomic E-state index is 0.108. The molecule has 0 aliphatic rings. The smallest absolute Gasteiger partial charge is 0.155 e. The fraction of sp³-hybridized carbons (Fsp3) is 0.100. The van der Waals surface area contributed by atoms with Gasteiger partial charge in [0.1, 0.15) is 0 Å². The van der Waals surface area contributed by atoms with Crippen LogP contribution in [-0.4, -0.2) is 23.4 Å². The van der Waals surface area contributed by atoms with Gasteiger partial charge in [-0.1, -0.05) is 23.4 Å². The first-order valence-corrected chi connectivity index (χ1v) is 6.39. The maximum absolute atomic E-state index is 11.2. The quantitative estimate of drug-likeness (QED) is 0.796. The first kappa shape index (κ1) is 10.8. The van der Waals surface area contributed by atoms with Crippen molar-refractivity contribution in [2.24, 2.45) is 0 Å². The lowest BCUT2D eigenvalue weighted by atomic mass is 10.2. The van der Waals surface area contributed by atoms with E-state index >= 15 is 0 Å². The highest BCUT2D eigenvalue weighted by atomic mass is 32.2. The van der Waals surface area contributed by atoms with Crippen LogP contribution in [0.2, 0.25) is 0 Å². The molecule has 16 heavy (non-hydrogen) atoms. The van der Waals surface area contributed by atoms with Gasteiger partial charge in [0, 0.05) is 0 Å². The zero-order valence-corrected chi connectivity index (χ0v) is 9.26. The molecule has 6 heteroatoms. The van der Waals surface area contributed by atoms with Crippen molar-refractivity contribution in [2.45, 2.75) is 5.75 Å². The van der Waals surface area contributed by atoms with E-state index in [0.717, 1.165) is 0 Å². The standard InChI is InChI=1S/C10H10N3O2S/c1-16(14,15)8-9-4-2-3-5-10(9)13-7-6-11-12-13/h2-7H,1,8H2. The molecule has 0 bridgehead atoms. The molecule has 5 nitrogen and oxygen atoms in total. The van der Waals surface area contributed by atoms with Crippen molar-refractivity contribution in [1.29, 1.82) is 0 Å². The van der Waals surface area contributed by atoms with Gasteiger partial charge < -0.3 is 0 Å². The van der Waals surface area contributed by atoms with Gasteiger partial charge in [-0.05, 0) is 11.6 Å². The van der Waals surface area contributed by atoms with Gasteiger partial charge in [-0.25, -0.2) is 13.1 Å². The third-order valence-electron chi connectivity index (χ3n) is 2.04. The Morgan fingerprint density at radius 3 is 2.69 bits per heavy atom. The number of para-hydroxylation sites is 1. The van der Waals surface area contributed by atoms with Crippen LogP contribution >= 0.6 is 0 Å². The Kier molecular flexibility index (Phi) is 2.74. The Hall–Kier alpha value is -1.69. The Bertz CT molecular complexity index is 576. The Balaban J connectivity index is 2.47. The summed E-state index contributed by atoms with van der Waals surface area (Å²) in [4.78, 5) is 0. The minimum atomic E-state index is -3.30. The van der Waals surface area contributed by atoms with Crippen LogP contribution in [0.3, 0.4) is 0 Å². The number of nitrogens with zero attached hydrogens (tertiary/aromatic N) is 3. The van der Waals surface area contributed by atoms with E-state index in [0.29, 0.717) is 11.3 Å². The summed E-state index contributed by atoms with van der Waals surface area (Å²) >= 11 is 0. The van der Waals surface area contributed by atoms with Gasteiger partial charge in [-0.2, -0.15) is 0 Å². The molecular weight excluding hydrogens is 226 g/mol. The Morgan fingerprint density at radius 1 is 1.31 bits per heavy atom. The maximum atomic E-state index is 11.2. The summed E-state index contributed by atoms with van der Waals surface area (Å²) in [5.74, 6) is -0.108. The topological polar surface area (TPSA) is 64.8 Å². The predicted molar refractivity (Wildman–Crippen MR) is 59.3 cm³/mol. The van der Waals surface area contributed by atoms with Gasteiger partial charge in [0.15, 0.2) is 9.84 Å². The van der Waals surface area contributed by atoms with Gasteiger partial charge in [0.25, 0.3) is 0 Å². The molecule has 0 saturated carbocycles. The summed E-state index contributed by atoms with van der Waals surface area (Å²) in [7, 11) is -3.30. The number of sulfone groups is 1. The van der Waals surface area contributed by atoms with Crippen molar-refractivity contribution >= 4 is 9.84 Å². The average Bonchev–Trinajstić information content (AvgIpc) is 2.69. The first-order chi connectivity index (χ1) is 7.56. The lowest BCUT2D eigenvalue weighted by Crippen LogP contribution is -2.05. The summed E-state index contributed by atoms with van der Waals surface area (Å²) in [6, 6.07) is 7.12. The molecule has 0 unspecified atom stereocenters. The van der Waals surface area contributed by atoms with Crippen molar-refractivity contribution in [3.8, 4) is 5.69 Å². The van der Waals surface area contributed by atoms with Crippen LogP contribution in [0.25, 0.3) is 5.69 Å². The van der Waals surface area contributed by atoms with Gasteiger partial charge in [-0.3, -0.25) is 0 Å². The molecule has 1 aromatic heterocycles. The molecule has 1 heterocycles. The molecular formula is C10H10N3O2S. The van der Waals surface area contributed by atoms with Crippen molar-refractivity contribution in [3.63, 3.8) is 0 Å². The molecule has 0 spiro atoms. The van der Waals surface area contributed by atoms with Crippen LogP contribution in [0.1, 0.15) is 5.56 Å². The van der Waals surface area contributed by atoms with Crippen molar-refractivity contribution in [1.82, 2.24) is 15.0 Å². The molecule has 0 saturated heterocycles. The lowest BCUT2D eigenvalue weighted by Gasteiger charge is -2.07. The molecule has 0 amide bonds. The van der Waals surface area contributed by atoms with Crippen LogP contribution in [0.4, 0.5) is 0 Å². The zero-order chi connectivity index (χ0) is 11.6. The van der Waals surface area contributed by atoms with Crippen molar-refractivity contribution in [2.75, 3.05) is 0 Å². The molecule has 0 aliphatic carbocycles. The second-order valence-electron chi connectivity index (χ2n) is 3.36. The number of rotatable bonds is 3. The van der Waals surface area contributed by atoms with E-state index < -0.39 is 9.84 Å². The van der Waals surface area contributed by atoms with Crippen LogP contribution in [0.15, 0.2) is 36.7 Å².